The average Bonchev–Trinajstić information content (AvgIpc) is 2.82. The van der Waals surface area contributed by atoms with Crippen LogP contribution in [0.3, 0.4) is 0 Å². The number of aliphatic imine (C=N–C) groups is 1. The van der Waals surface area contributed by atoms with Crippen LogP contribution in [0, 0.1) is 5.92 Å². The predicted molar refractivity (Wildman–Crippen MR) is 142 cm³/mol. The topological polar surface area (TPSA) is 121 Å². The van der Waals surface area contributed by atoms with Crippen molar-refractivity contribution < 1.29 is 14.3 Å². The second-order valence-corrected chi connectivity index (χ2v) is 7.94. The van der Waals surface area contributed by atoms with Gasteiger partial charge in [0.05, 0.1) is 19.8 Å². The van der Waals surface area contributed by atoms with E-state index in [4.69, 9.17) is 10.5 Å². The Balaban J connectivity index is 0.00000544. The van der Waals surface area contributed by atoms with Gasteiger partial charge in [-0.25, -0.2) is 0 Å². The molecule has 0 bridgehead atoms. The number of nitrogens with two attached hydrogens (primary N) is 1. The highest BCUT2D eigenvalue weighted by atomic mass is 127. The molecule has 0 radical (unpaired) electrons. The van der Waals surface area contributed by atoms with Crippen molar-refractivity contribution in [2.75, 3.05) is 46.4 Å². The molecule has 1 unspecified atom stereocenters. The smallest absolute Gasteiger partial charge is 0.251 e. The third-order valence-electron chi connectivity index (χ3n) is 5.91. The van der Waals surface area contributed by atoms with Crippen LogP contribution >= 0.6 is 24.0 Å². The highest BCUT2D eigenvalue weighted by Gasteiger charge is 2.27. The van der Waals surface area contributed by atoms with Gasteiger partial charge in [-0.3, -0.25) is 19.5 Å². The number of rotatable bonds is 11. The molecule has 1 aromatic carbocycles. The Kier molecular flexibility index (Phi) is 14.0. The van der Waals surface area contributed by atoms with Crippen LogP contribution < -0.4 is 21.7 Å². The number of primary amides is 1. The molecule has 0 aliphatic carbocycles. The van der Waals surface area contributed by atoms with Gasteiger partial charge < -0.3 is 26.4 Å². The molecule has 1 saturated heterocycles. The minimum atomic E-state index is -0.571. The molecular formula is C23H39IN6O3. The zero-order valence-corrected chi connectivity index (χ0v) is 22.3. The number of guanidine groups is 1. The monoisotopic (exact) mass is 574 g/mol. The lowest BCUT2D eigenvalue weighted by Gasteiger charge is -2.39. The van der Waals surface area contributed by atoms with E-state index in [1.165, 1.54) is 0 Å². The van der Waals surface area contributed by atoms with Crippen LogP contribution in [0.4, 0.5) is 0 Å². The molecule has 0 saturated carbocycles. The Morgan fingerprint density at radius 2 is 1.73 bits per heavy atom. The van der Waals surface area contributed by atoms with Crippen molar-refractivity contribution in [1.82, 2.24) is 20.9 Å². The van der Waals surface area contributed by atoms with Crippen molar-refractivity contribution >= 4 is 41.8 Å². The number of carbonyl (C=O) groups is 2. The van der Waals surface area contributed by atoms with E-state index in [9.17, 15) is 9.59 Å². The van der Waals surface area contributed by atoms with Gasteiger partial charge in [0.15, 0.2) is 5.96 Å². The molecule has 186 valence electrons. The molecule has 33 heavy (non-hydrogen) atoms. The van der Waals surface area contributed by atoms with E-state index in [-0.39, 0.29) is 36.4 Å². The minimum Gasteiger partial charge on any atom is -0.379 e. The number of ether oxygens (including phenoxy) is 1. The molecule has 0 spiro atoms. The third kappa shape index (κ3) is 9.85. The van der Waals surface area contributed by atoms with Crippen LogP contribution in [0.25, 0.3) is 0 Å². The van der Waals surface area contributed by atoms with Crippen molar-refractivity contribution in [3.8, 4) is 0 Å². The van der Waals surface area contributed by atoms with Gasteiger partial charge in [0.1, 0.15) is 0 Å². The summed E-state index contributed by atoms with van der Waals surface area (Å²) in [6.07, 6.45) is 2.29. The maximum absolute atomic E-state index is 12.0. The van der Waals surface area contributed by atoms with Crippen molar-refractivity contribution in [1.29, 1.82) is 0 Å². The highest BCUT2D eigenvalue weighted by Crippen LogP contribution is 2.19. The molecule has 5 N–H and O–H groups in total. The third-order valence-corrected chi connectivity index (χ3v) is 5.91. The summed E-state index contributed by atoms with van der Waals surface area (Å²) in [5.41, 5.74) is 6.55. The van der Waals surface area contributed by atoms with Gasteiger partial charge >= 0.3 is 0 Å². The molecule has 1 aliphatic heterocycles. The Morgan fingerprint density at radius 1 is 1.09 bits per heavy atom. The van der Waals surface area contributed by atoms with Gasteiger partial charge in [0.25, 0.3) is 5.91 Å². The quantitative estimate of drug-likeness (QED) is 0.180. The average molecular weight is 575 g/mol. The summed E-state index contributed by atoms with van der Waals surface area (Å²) < 4.78 is 5.53. The fraction of sp³-hybridized carbons (Fsp3) is 0.609. The van der Waals surface area contributed by atoms with Crippen LogP contribution in [0.15, 0.2) is 29.3 Å². The Labute approximate surface area is 214 Å². The fourth-order valence-electron chi connectivity index (χ4n) is 3.99. The zero-order chi connectivity index (χ0) is 23.3. The molecule has 0 aromatic heterocycles. The standard InChI is InChI=1S/C23H38N6O3.HI/c1-4-18(5-2)20(29-10-12-32-13-11-29)15-28-23(25-3)27-14-17-6-8-19(9-7-17)22(31)26-16-21(24)30;/h6-9,18,20H,4-5,10-16H2,1-3H3,(H2,24,30)(H,26,31)(H2,25,27,28);1H. The maximum Gasteiger partial charge on any atom is 0.251 e. The lowest BCUT2D eigenvalue weighted by Crippen LogP contribution is -2.53. The Bertz CT molecular complexity index is 749. The Morgan fingerprint density at radius 3 is 2.27 bits per heavy atom. The van der Waals surface area contributed by atoms with Gasteiger partial charge in [0.2, 0.25) is 5.91 Å². The van der Waals surface area contributed by atoms with Gasteiger partial charge in [-0.2, -0.15) is 0 Å². The predicted octanol–water partition coefficient (Wildman–Crippen LogP) is 1.32. The summed E-state index contributed by atoms with van der Waals surface area (Å²) >= 11 is 0. The largest absolute Gasteiger partial charge is 0.379 e. The van der Waals surface area contributed by atoms with E-state index in [2.05, 4.69) is 39.7 Å². The first kappa shape index (κ1) is 29.1. The first-order valence-electron chi connectivity index (χ1n) is 11.4. The number of halogens is 1. The van der Waals surface area contributed by atoms with Crippen molar-refractivity contribution in [3.63, 3.8) is 0 Å². The van der Waals surface area contributed by atoms with Gasteiger partial charge in [0, 0.05) is 44.8 Å². The molecule has 1 aliphatic rings. The van der Waals surface area contributed by atoms with E-state index in [0.29, 0.717) is 24.1 Å². The normalized spacial score (nSPS) is 15.5. The SMILES string of the molecule is CCC(CC)C(CNC(=NC)NCc1ccc(C(=O)NCC(N)=O)cc1)N1CCOCC1.I. The maximum atomic E-state index is 12.0. The number of morpholine rings is 1. The van der Waals surface area contributed by atoms with E-state index in [1.807, 2.05) is 12.1 Å². The first-order valence-corrected chi connectivity index (χ1v) is 11.4. The van der Waals surface area contributed by atoms with Crippen LogP contribution in [0.5, 0.6) is 0 Å². The molecule has 10 heteroatoms. The minimum absolute atomic E-state index is 0. The van der Waals surface area contributed by atoms with Gasteiger partial charge in [-0.05, 0) is 23.6 Å². The number of nitrogens with one attached hydrogen (secondary N) is 3. The van der Waals surface area contributed by atoms with Crippen LogP contribution in [-0.2, 0) is 16.1 Å². The molecule has 1 heterocycles. The van der Waals surface area contributed by atoms with E-state index >= 15 is 0 Å². The molecular weight excluding hydrogens is 535 g/mol. The van der Waals surface area contributed by atoms with E-state index < -0.39 is 5.91 Å². The summed E-state index contributed by atoms with van der Waals surface area (Å²) in [5.74, 6) is 0.471. The number of carbonyl (C=O) groups excluding carboxylic acids is 2. The number of hydrogen-bond acceptors (Lipinski definition) is 5. The van der Waals surface area contributed by atoms with Crippen LogP contribution in [0.1, 0.15) is 42.6 Å². The second kappa shape index (κ2) is 15.8. The number of nitrogens with zero attached hydrogens (tertiary/aromatic N) is 2. The fourth-order valence-corrected chi connectivity index (χ4v) is 3.99. The summed E-state index contributed by atoms with van der Waals surface area (Å²) in [6, 6.07) is 7.64. The summed E-state index contributed by atoms with van der Waals surface area (Å²) in [6.45, 7) is 9.26. The van der Waals surface area contributed by atoms with Crippen LogP contribution in [-0.4, -0.2) is 75.2 Å². The molecule has 1 atom stereocenters. The lowest BCUT2D eigenvalue weighted by atomic mass is 9.92. The number of hydrogen-bond donors (Lipinski definition) is 4. The number of amides is 2. The van der Waals surface area contributed by atoms with E-state index in [0.717, 1.165) is 57.2 Å². The molecule has 2 amide bonds. The molecule has 1 fully saturated rings. The summed E-state index contributed by atoms with van der Waals surface area (Å²) in [7, 11) is 1.77. The Hall–Kier alpha value is -1.92. The summed E-state index contributed by atoms with van der Waals surface area (Å²) in [4.78, 5) is 29.7. The summed E-state index contributed by atoms with van der Waals surface area (Å²) in [5, 5.41) is 9.31. The highest BCUT2D eigenvalue weighted by molar-refractivity contribution is 14.0. The second-order valence-electron chi connectivity index (χ2n) is 7.94. The van der Waals surface area contributed by atoms with Gasteiger partial charge in [-0.1, -0.05) is 38.8 Å². The van der Waals surface area contributed by atoms with Gasteiger partial charge in [-0.15, -0.1) is 24.0 Å². The molecule has 1 aromatic rings. The molecule has 9 nitrogen and oxygen atoms in total. The zero-order valence-electron chi connectivity index (χ0n) is 19.9. The van der Waals surface area contributed by atoms with Crippen molar-refractivity contribution in [2.45, 2.75) is 39.3 Å². The number of benzene rings is 1. The van der Waals surface area contributed by atoms with Crippen LogP contribution in [0.2, 0.25) is 0 Å². The molecule has 2 rings (SSSR count). The van der Waals surface area contributed by atoms with Crippen molar-refractivity contribution in [2.24, 2.45) is 16.6 Å². The lowest BCUT2D eigenvalue weighted by molar-refractivity contribution is -0.117. The first-order chi connectivity index (χ1) is 15.5. The van der Waals surface area contributed by atoms with E-state index in [1.54, 1.807) is 19.2 Å². The van der Waals surface area contributed by atoms with Crippen molar-refractivity contribution in [3.05, 3.63) is 35.4 Å².